The molecule has 116 valence electrons. The van der Waals surface area contributed by atoms with Gasteiger partial charge in [0, 0.05) is 33.2 Å². The SMILES string of the molecule is COCCCNC(=O)C1CC(=O)N(c2ccccc2C#N)C1. The molecule has 6 heteroatoms. The summed E-state index contributed by atoms with van der Waals surface area (Å²) in [4.78, 5) is 25.8. The smallest absolute Gasteiger partial charge is 0.227 e. The van der Waals surface area contributed by atoms with Gasteiger partial charge < -0.3 is 15.0 Å². The van der Waals surface area contributed by atoms with E-state index in [0.717, 1.165) is 6.42 Å². The number of hydrogen-bond acceptors (Lipinski definition) is 4. The minimum atomic E-state index is -0.373. The van der Waals surface area contributed by atoms with Gasteiger partial charge >= 0.3 is 0 Å². The molecule has 1 saturated heterocycles. The molecule has 1 heterocycles. The van der Waals surface area contributed by atoms with Gasteiger partial charge in [-0.25, -0.2) is 0 Å². The predicted molar refractivity (Wildman–Crippen MR) is 81.1 cm³/mol. The molecule has 0 radical (unpaired) electrons. The van der Waals surface area contributed by atoms with Crippen molar-refractivity contribution in [3.8, 4) is 6.07 Å². The van der Waals surface area contributed by atoms with Crippen molar-refractivity contribution in [2.45, 2.75) is 12.8 Å². The second-order valence-corrected chi connectivity index (χ2v) is 5.17. The van der Waals surface area contributed by atoms with Gasteiger partial charge in [0.25, 0.3) is 0 Å². The van der Waals surface area contributed by atoms with E-state index in [-0.39, 0.29) is 24.2 Å². The van der Waals surface area contributed by atoms with Crippen molar-refractivity contribution in [3.63, 3.8) is 0 Å². The van der Waals surface area contributed by atoms with Gasteiger partial charge in [-0.1, -0.05) is 12.1 Å². The third-order valence-corrected chi connectivity index (χ3v) is 3.64. The van der Waals surface area contributed by atoms with E-state index in [1.165, 1.54) is 4.90 Å². The zero-order valence-corrected chi connectivity index (χ0v) is 12.5. The van der Waals surface area contributed by atoms with Crippen molar-refractivity contribution in [2.75, 3.05) is 31.7 Å². The lowest BCUT2D eigenvalue weighted by atomic mass is 10.1. The number of nitriles is 1. The number of ether oxygens (including phenoxy) is 1. The quantitative estimate of drug-likeness (QED) is 0.797. The van der Waals surface area contributed by atoms with Crippen LogP contribution in [0.5, 0.6) is 0 Å². The fraction of sp³-hybridized carbons (Fsp3) is 0.438. The Kier molecular flexibility index (Phi) is 5.50. The van der Waals surface area contributed by atoms with Crippen LogP contribution in [0, 0.1) is 17.2 Å². The summed E-state index contributed by atoms with van der Waals surface area (Å²) >= 11 is 0. The Morgan fingerprint density at radius 3 is 3.00 bits per heavy atom. The van der Waals surface area contributed by atoms with Crippen LogP contribution < -0.4 is 10.2 Å². The molecule has 1 aliphatic rings. The van der Waals surface area contributed by atoms with Crippen LogP contribution in [0.25, 0.3) is 0 Å². The number of benzene rings is 1. The molecule has 1 atom stereocenters. The summed E-state index contributed by atoms with van der Waals surface area (Å²) in [5, 5.41) is 11.9. The summed E-state index contributed by atoms with van der Waals surface area (Å²) in [6.45, 7) is 1.44. The van der Waals surface area contributed by atoms with Crippen LogP contribution in [0.2, 0.25) is 0 Å². The number of nitrogens with one attached hydrogen (secondary N) is 1. The molecular formula is C16H19N3O3. The Labute approximate surface area is 129 Å². The van der Waals surface area contributed by atoms with E-state index in [1.54, 1.807) is 31.4 Å². The zero-order valence-electron chi connectivity index (χ0n) is 12.5. The summed E-state index contributed by atoms with van der Waals surface area (Å²) in [5.74, 6) is -0.622. The molecule has 1 aromatic rings. The van der Waals surface area contributed by atoms with Crippen molar-refractivity contribution in [3.05, 3.63) is 29.8 Å². The third kappa shape index (κ3) is 3.62. The minimum Gasteiger partial charge on any atom is -0.385 e. The first-order chi connectivity index (χ1) is 10.7. The van der Waals surface area contributed by atoms with Gasteiger partial charge in [-0.3, -0.25) is 9.59 Å². The molecule has 2 rings (SSSR count). The highest BCUT2D eigenvalue weighted by molar-refractivity contribution is 6.01. The molecule has 0 aromatic heterocycles. The first-order valence-electron chi connectivity index (χ1n) is 7.23. The van der Waals surface area contributed by atoms with E-state index in [9.17, 15) is 9.59 Å². The van der Waals surface area contributed by atoms with Crippen molar-refractivity contribution in [1.29, 1.82) is 5.26 Å². The van der Waals surface area contributed by atoms with Crippen LogP contribution in [-0.4, -0.2) is 38.6 Å². The molecule has 6 nitrogen and oxygen atoms in total. The number of anilines is 1. The van der Waals surface area contributed by atoms with Gasteiger partial charge in [-0.05, 0) is 18.6 Å². The van der Waals surface area contributed by atoms with Crippen LogP contribution >= 0.6 is 0 Å². The molecule has 1 aromatic carbocycles. The fourth-order valence-corrected chi connectivity index (χ4v) is 2.49. The summed E-state index contributed by atoms with van der Waals surface area (Å²) in [6.07, 6.45) is 0.916. The lowest BCUT2D eigenvalue weighted by molar-refractivity contribution is -0.126. The first-order valence-corrected chi connectivity index (χ1v) is 7.23. The molecule has 22 heavy (non-hydrogen) atoms. The number of methoxy groups -OCH3 is 1. The molecule has 1 fully saturated rings. The van der Waals surface area contributed by atoms with Gasteiger partial charge in [0.15, 0.2) is 0 Å². The number of nitrogens with zero attached hydrogens (tertiary/aromatic N) is 2. The Hall–Kier alpha value is -2.39. The van der Waals surface area contributed by atoms with E-state index in [0.29, 0.717) is 30.9 Å². The Morgan fingerprint density at radius 2 is 2.27 bits per heavy atom. The van der Waals surface area contributed by atoms with Crippen molar-refractivity contribution in [1.82, 2.24) is 5.32 Å². The standard InChI is InChI=1S/C16H19N3O3/c1-22-8-4-7-18-16(21)13-9-15(20)19(11-13)14-6-3-2-5-12(14)10-17/h2-3,5-6,13H,4,7-9,11H2,1H3,(H,18,21). The highest BCUT2D eigenvalue weighted by Crippen LogP contribution is 2.27. The van der Waals surface area contributed by atoms with Gasteiger partial charge in [0.05, 0.1) is 17.2 Å². The van der Waals surface area contributed by atoms with Crippen molar-refractivity contribution >= 4 is 17.5 Å². The number of rotatable bonds is 6. The number of para-hydroxylation sites is 1. The Morgan fingerprint density at radius 1 is 1.50 bits per heavy atom. The highest BCUT2D eigenvalue weighted by Gasteiger charge is 2.35. The number of carbonyl (C=O) groups excluding carboxylic acids is 2. The molecule has 1 N–H and O–H groups in total. The van der Waals surface area contributed by atoms with E-state index in [1.807, 2.05) is 0 Å². The predicted octanol–water partition coefficient (Wildman–Crippen LogP) is 1.06. The molecule has 0 spiro atoms. The van der Waals surface area contributed by atoms with Crippen LogP contribution in [0.1, 0.15) is 18.4 Å². The Balaban J connectivity index is 1.99. The summed E-state index contributed by atoms with van der Waals surface area (Å²) in [6, 6.07) is 9.01. The minimum absolute atomic E-state index is 0.124. The molecule has 1 aliphatic heterocycles. The van der Waals surface area contributed by atoms with E-state index in [2.05, 4.69) is 11.4 Å². The number of hydrogen-bond donors (Lipinski definition) is 1. The maximum absolute atomic E-state index is 12.2. The van der Waals surface area contributed by atoms with Crippen LogP contribution in [0.4, 0.5) is 5.69 Å². The van der Waals surface area contributed by atoms with E-state index in [4.69, 9.17) is 10.00 Å². The van der Waals surface area contributed by atoms with Gasteiger partial charge in [0.1, 0.15) is 6.07 Å². The summed E-state index contributed by atoms with van der Waals surface area (Å²) in [7, 11) is 1.61. The average molecular weight is 301 g/mol. The van der Waals surface area contributed by atoms with Crippen LogP contribution in [-0.2, 0) is 14.3 Å². The molecule has 0 aliphatic carbocycles. The molecule has 1 unspecified atom stereocenters. The van der Waals surface area contributed by atoms with E-state index >= 15 is 0 Å². The topological polar surface area (TPSA) is 82.4 Å². The summed E-state index contributed by atoms with van der Waals surface area (Å²) < 4.78 is 4.92. The normalized spacial score (nSPS) is 17.4. The fourth-order valence-electron chi connectivity index (χ4n) is 2.49. The highest BCUT2D eigenvalue weighted by atomic mass is 16.5. The van der Waals surface area contributed by atoms with Crippen LogP contribution in [0.15, 0.2) is 24.3 Å². The Bertz CT molecular complexity index is 595. The molecule has 2 amide bonds. The maximum Gasteiger partial charge on any atom is 0.227 e. The monoisotopic (exact) mass is 301 g/mol. The van der Waals surface area contributed by atoms with Crippen molar-refractivity contribution < 1.29 is 14.3 Å². The molecule has 0 saturated carbocycles. The van der Waals surface area contributed by atoms with Gasteiger partial charge in [-0.2, -0.15) is 5.26 Å². The molecular weight excluding hydrogens is 282 g/mol. The number of carbonyl (C=O) groups is 2. The molecule has 0 bridgehead atoms. The number of amides is 2. The second-order valence-electron chi connectivity index (χ2n) is 5.17. The first kappa shape index (κ1) is 16.0. The largest absolute Gasteiger partial charge is 0.385 e. The van der Waals surface area contributed by atoms with E-state index < -0.39 is 0 Å². The second kappa shape index (κ2) is 7.57. The van der Waals surface area contributed by atoms with Crippen molar-refractivity contribution in [2.24, 2.45) is 5.92 Å². The zero-order chi connectivity index (χ0) is 15.9. The van der Waals surface area contributed by atoms with Gasteiger partial charge in [0.2, 0.25) is 11.8 Å². The van der Waals surface area contributed by atoms with Gasteiger partial charge in [-0.15, -0.1) is 0 Å². The summed E-state index contributed by atoms with van der Waals surface area (Å²) in [5.41, 5.74) is 1.02. The lowest BCUT2D eigenvalue weighted by Gasteiger charge is -2.17. The third-order valence-electron chi connectivity index (χ3n) is 3.64. The lowest BCUT2D eigenvalue weighted by Crippen LogP contribution is -2.34. The maximum atomic E-state index is 12.2. The van der Waals surface area contributed by atoms with Crippen LogP contribution in [0.3, 0.4) is 0 Å². The average Bonchev–Trinajstić information content (AvgIpc) is 2.93.